The fraction of sp³-hybridized carbons (Fsp3) is 0.182. The lowest BCUT2D eigenvalue weighted by molar-refractivity contribution is -0.118. The Morgan fingerprint density at radius 3 is 2.57 bits per heavy atom. The van der Waals surface area contributed by atoms with Crippen molar-refractivity contribution in [2.75, 3.05) is 30.9 Å². The van der Waals surface area contributed by atoms with Crippen molar-refractivity contribution in [3.05, 3.63) is 72.4 Å². The van der Waals surface area contributed by atoms with Crippen LogP contribution in [0.2, 0.25) is 0 Å². The van der Waals surface area contributed by atoms with E-state index in [-0.39, 0.29) is 12.5 Å². The van der Waals surface area contributed by atoms with E-state index in [0.717, 1.165) is 16.9 Å². The van der Waals surface area contributed by atoms with Crippen LogP contribution in [0.15, 0.2) is 66.9 Å². The number of carbonyl (C=O) groups excluding carboxylic acids is 1. The largest absolute Gasteiger partial charge is 0.484 e. The van der Waals surface area contributed by atoms with Gasteiger partial charge in [-0.15, -0.1) is 0 Å². The third-order valence-electron chi connectivity index (χ3n) is 4.04. The van der Waals surface area contributed by atoms with E-state index >= 15 is 0 Å². The molecule has 0 aliphatic heterocycles. The Kier molecular flexibility index (Phi) is 6.11. The molecule has 28 heavy (non-hydrogen) atoms. The average molecular weight is 377 g/mol. The van der Waals surface area contributed by atoms with Gasteiger partial charge in [0.05, 0.1) is 0 Å². The van der Waals surface area contributed by atoms with Crippen molar-refractivity contribution in [2.45, 2.75) is 6.92 Å². The molecular weight excluding hydrogens is 354 g/mol. The summed E-state index contributed by atoms with van der Waals surface area (Å²) >= 11 is 0. The molecule has 1 N–H and O–H groups in total. The van der Waals surface area contributed by atoms with Crippen LogP contribution in [0.3, 0.4) is 0 Å². The number of aryl methyl sites for hydroxylation is 1. The molecule has 0 bridgehead atoms. The predicted octanol–water partition coefficient (Wildman–Crippen LogP) is 4.27. The summed E-state index contributed by atoms with van der Waals surface area (Å²) in [4.78, 5) is 18.4. The summed E-state index contributed by atoms with van der Waals surface area (Å²) in [5.74, 6) is 1.40. The standard InChI is InChI=1S/C22H23N3O3/c1-16-13-17(25(2)3)10-11-20(16)24-21(26)15-27-18-7-6-8-19(14-18)28-22-9-4-5-12-23-22/h4-14H,15H2,1-3H3,(H,24,26). The van der Waals surface area contributed by atoms with Crippen LogP contribution in [-0.4, -0.2) is 31.6 Å². The molecule has 6 heteroatoms. The lowest BCUT2D eigenvalue weighted by atomic mass is 10.1. The van der Waals surface area contributed by atoms with Crippen molar-refractivity contribution in [1.29, 1.82) is 0 Å². The van der Waals surface area contributed by atoms with Crippen LogP contribution in [0, 0.1) is 6.92 Å². The minimum Gasteiger partial charge on any atom is -0.484 e. The molecule has 0 aliphatic carbocycles. The number of benzene rings is 2. The maximum atomic E-state index is 12.2. The van der Waals surface area contributed by atoms with Crippen molar-refractivity contribution >= 4 is 17.3 Å². The van der Waals surface area contributed by atoms with Gasteiger partial charge in [0.1, 0.15) is 11.5 Å². The highest BCUT2D eigenvalue weighted by Gasteiger charge is 2.08. The number of pyridine rings is 1. The Morgan fingerprint density at radius 2 is 1.86 bits per heavy atom. The summed E-state index contributed by atoms with van der Waals surface area (Å²) in [5.41, 5.74) is 2.84. The van der Waals surface area contributed by atoms with Crippen LogP contribution >= 0.6 is 0 Å². The molecule has 0 spiro atoms. The molecule has 0 aliphatic rings. The number of rotatable bonds is 7. The summed E-state index contributed by atoms with van der Waals surface area (Å²) in [6, 6.07) is 18.4. The Morgan fingerprint density at radius 1 is 1.04 bits per heavy atom. The van der Waals surface area contributed by atoms with E-state index in [4.69, 9.17) is 9.47 Å². The first-order valence-electron chi connectivity index (χ1n) is 8.91. The molecule has 0 saturated heterocycles. The molecule has 0 atom stereocenters. The predicted molar refractivity (Wildman–Crippen MR) is 110 cm³/mol. The zero-order chi connectivity index (χ0) is 19.9. The average Bonchev–Trinajstić information content (AvgIpc) is 2.69. The van der Waals surface area contributed by atoms with Crippen LogP contribution in [0.5, 0.6) is 17.4 Å². The molecule has 3 aromatic rings. The second kappa shape index (κ2) is 8.90. The zero-order valence-corrected chi connectivity index (χ0v) is 16.2. The fourth-order valence-corrected chi connectivity index (χ4v) is 2.56. The quantitative estimate of drug-likeness (QED) is 0.666. The van der Waals surface area contributed by atoms with Crippen LogP contribution in [0.25, 0.3) is 0 Å². The molecule has 0 radical (unpaired) electrons. The van der Waals surface area contributed by atoms with Gasteiger partial charge in [0.15, 0.2) is 6.61 Å². The highest BCUT2D eigenvalue weighted by Crippen LogP contribution is 2.24. The van der Waals surface area contributed by atoms with Crippen molar-refractivity contribution in [2.24, 2.45) is 0 Å². The number of amides is 1. The molecule has 144 valence electrons. The lowest BCUT2D eigenvalue weighted by Crippen LogP contribution is -2.20. The van der Waals surface area contributed by atoms with E-state index in [1.54, 1.807) is 36.5 Å². The van der Waals surface area contributed by atoms with Gasteiger partial charge in [0.25, 0.3) is 5.91 Å². The summed E-state index contributed by atoms with van der Waals surface area (Å²) in [7, 11) is 3.96. The molecule has 1 aromatic heterocycles. The van der Waals surface area contributed by atoms with Crippen LogP contribution in [0.1, 0.15) is 5.56 Å². The first kappa shape index (κ1) is 19.2. The molecule has 1 amide bonds. The van der Waals surface area contributed by atoms with Gasteiger partial charge in [-0.05, 0) is 48.9 Å². The van der Waals surface area contributed by atoms with Crippen molar-refractivity contribution in [3.63, 3.8) is 0 Å². The molecule has 2 aromatic carbocycles. The Labute approximate surface area is 164 Å². The third-order valence-corrected chi connectivity index (χ3v) is 4.04. The van der Waals surface area contributed by atoms with Gasteiger partial charge in [-0.3, -0.25) is 4.79 Å². The minimum absolute atomic E-state index is 0.0953. The van der Waals surface area contributed by atoms with E-state index in [1.165, 1.54) is 0 Å². The number of ether oxygens (including phenoxy) is 2. The summed E-state index contributed by atoms with van der Waals surface area (Å²) in [6.07, 6.45) is 1.66. The molecule has 0 fully saturated rings. The Bertz CT molecular complexity index is 943. The Hall–Kier alpha value is -3.54. The van der Waals surface area contributed by atoms with Gasteiger partial charge in [-0.1, -0.05) is 12.1 Å². The highest BCUT2D eigenvalue weighted by molar-refractivity contribution is 5.92. The van der Waals surface area contributed by atoms with E-state index < -0.39 is 0 Å². The molecule has 6 nitrogen and oxygen atoms in total. The fourth-order valence-electron chi connectivity index (χ4n) is 2.56. The van der Waals surface area contributed by atoms with Crippen LogP contribution in [0.4, 0.5) is 11.4 Å². The topological polar surface area (TPSA) is 63.7 Å². The highest BCUT2D eigenvalue weighted by atomic mass is 16.5. The second-order valence-corrected chi connectivity index (χ2v) is 6.48. The molecule has 3 rings (SSSR count). The summed E-state index contributed by atoms with van der Waals surface area (Å²) in [6.45, 7) is 1.86. The zero-order valence-electron chi connectivity index (χ0n) is 16.2. The van der Waals surface area contributed by atoms with E-state index in [9.17, 15) is 4.79 Å². The summed E-state index contributed by atoms with van der Waals surface area (Å²) < 4.78 is 11.3. The van der Waals surface area contributed by atoms with E-state index in [2.05, 4.69) is 10.3 Å². The van der Waals surface area contributed by atoms with Gasteiger partial charge in [0.2, 0.25) is 5.88 Å². The Balaban J connectivity index is 1.57. The van der Waals surface area contributed by atoms with Gasteiger partial charge in [-0.2, -0.15) is 0 Å². The second-order valence-electron chi connectivity index (χ2n) is 6.48. The van der Waals surface area contributed by atoms with E-state index in [1.807, 2.05) is 56.3 Å². The maximum Gasteiger partial charge on any atom is 0.262 e. The number of aromatic nitrogens is 1. The molecule has 0 saturated carbocycles. The van der Waals surface area contributed by atoms with Crippen molar-refractivity contribution < 1.29 is 14.3 Å². The normalized spacial score (nSPS) is 10.2. The number of hydrogen-bond acceptors (Lipinski definition) is 5. The first-order valence-corrected chi connectivity index (χ1v) is 8.91. The van der Waals surface area contributed by atoms with Gasteiger partial charge in [0, 0.05) is 43.8 Å². The molecular formula is C22H23N3O3. The van der Waals surface area contributed by atoms with Gasteiger partial charge < -0.3 is 19.7 Å². The number of carbonyl (C=O) groups is 1. The van der Waals surface area contributed by atoms with Crippen molar-refractivity contribution in [1.82, 2.24) is 4.98 Å². The lowest BCUT2D eigenvalue weighted by Gasteiger charge is -2.15. The number of anilines is 2. The molecule has 1 heterocycles. The third kappa shape index (κ3) is 5.23. The summed E-state index contributed by atoms with van der Waals surface area (Å²) in [5, 5.41) is 2.88. The minimum atomic E-state index is -0.225. The number of hydrogen-bond donors (Lipinski definition) is 1. The van der Waals surface area contributed by atoms with Crippen LogP contribution in [-0.2, 0) is 4.79 Å². The molecule has 0 unspecified atom stereocenters. The SMILES string of the molecule is Cc1cc(N(C)C)ccc1NC(=O)COc1cccc(Oc2ccccn2)c1. The first-order chi connectivity index (χ1) is 13.5. The number of nitrogens with one attached hydrogen (secondary N) is 1. The van der Waals surface area contributed by atoms with Crippen molar-refractivity contribution in [3.8, 4) is 17.4 Å². The van der Waals surface area contributed by atoms with E-state index in [0.29, 0.717) is 17.4 Å². The van der Waals surface area contributed by atoms with Gasteiger partial charge >= 0.3 is 0 Å². The number of nitrogens with zero attached hydrogens (tertiary/aromatic N) is 2. The van der Waals surface area contributed by atoms with Gasteiger partial charge in [-0.25, -0.2) is 4.98 Å². The monoisotopic (exact) mass is 377 g/mol. The maximum absolute atomic E-state index is 12.2. The smallest absolute Gasteiger partial charge is 0.262 e. The van der Waals surface area contributed by atoms with Crippen LogP contribution < -0.4 is 19.7 Å².